The number of aromatic nitrogens is 1. The normalized spacial score (nSPS) is 12.3. The predicted octanol–water partition coefficient (Wildman–Crippen LogP) is 6.86. The van der Waals surface area contributed by atoms with Gasteiger partial charge in [0.25, 0.3) is 11.8 Å². The molecule has 1 heterocycles. The van der Waals surface area contributed by atoms with Crippen LogP contribution in [0.5, 0.6) is 0 Å². The zero-order chi connectivity index (χ0) is 27.4. The van der Waals surface area contributed by atoms with Crippen LogP contribution in [0.3, 0.4) is 0 Å². The van der Waals surface area contributed by atoms with Crippen molar-refractivity contribution in [3.63, 3.8) is 0 Å². The number of fused-ring (bicyclic) bond motifs is 1. The van der Waals surface area contributed by atoms with Crippen molar-refractivity contribution >= 4 is 63.7 Å². The molecule has 0 aliphatic rings. The van der Waals surface area contributed by atoms with E-state index in [0.29, 0.717) is 27.2 Å². The predicted molar refractivity (Wildman–Crippen MR) is 156 cm³/mol. The van der Waals surface area contributed by atoms with Crippen LogP contribution >= 0.6 is 34.8 Å². The number of hydrazone groups is 1. The van der Waals surface area contributed by atoms with Gasteiger partial charge in [0.1, 0.15) is 6.04 Å². The average Bonchev–Trinajstić information content (AvgIpc) is 3.15. The summed E-state index contributed by atoms with van der Waals surface area (Å²) in [6.07, 6.45) is 1.64. The Morgan fingerprint density at radius 2 is 1.74 bits per heavy atom. The van der Waals surface area contributed by atoms with Gasteiger partial charge >= 0.3 is 0 Å². The van der Waals surface area contributed by atoms with Gasteiger partial charge in [0.05, 0.1) is 16.3 Å². The summed E-state index contributed by atoms with van der Waals surface area (Å²) in [5.74, 6) is -0.960. The second-order valence-electron chi connectivity index (χ2n) is 9.29. The monoisotopic (exact) mass is 568 g/mol. The molecule has 4 aromatic rings. The van der Waals surface area contributed by atoms with Crippen molar-refractivity contribution in [2.75, 3.05) is 0 Å². The minimum atomic E-state index is -0.782. The lowest BCUT2D eigenvalue weighted by Gasteiger charge is -2.20. The number of nitrogens with one attached hydrogen (secondary N) is 2. The van der Waals surface area contributed by atoms with Crippen molar-refractivity contribution in [3.8, 4) is 0 Å². The highest BCUT2D eigenvalue weighted by atomic mass is 35.5. The van der Waals surface area contributed by atoms with Crippen LogP contribution in [0.1, 0.15) is 41.0 Å². The van der Waals surface area contributed by atoms with E-state index in [0.717, 1.165) is 27.7 Å². The Balaban J connectivity index is 1.54. The molecule has 6 nitrogen and oxygen atoms in total. The number of hydrogen-bond acceptors (Lipinski definition) is 3. The fraction of sp³-hybridized carbons (Fsp3) is 0.207. The fourth-order valence-corrected chi connectivity index (χ4v) is 4.78. The molecular weight excluding hydrogens is 543 g/mol. The highest BCUT2D eigenvalue weighted by molar-refractivity contribution is 6.42. The number of hydrogen-bond donors (Lipinski definition) is 2. The van der Waals surface area contributed by atoms with E-state index >= 15 is 0 Å². The molecule has 0 saturated heterocycles. The molecule has 1 atom stereocenters. The molecule has 1 aromatic heterocycles. The van der Waals surface area contributed by atoms with E-state index in [1.807, 2.05) is 57.2 Å². The largest absolute Gasteiger partial charge is 0.340 e. The van der Waals surface area contributed by atoms with Gasteiger partial charge in [-0.2, -0.15) is 5.10 Å². The summed E-state index contributed by atoms with van der Waals surface area (Å²) < 4.78 is 2.17. The van der Waals surface area contributed by atoms with Gasteiger partial charge in [-0.3, -0.25) is 9.59 Å². The van der Waals surface area contributed by atoms with Crippen LogP contribution in [0.2, 0.25) is 15.1 Å². The summed E-state index contributed by atoms with van der Waals surface area (Å²) in [6.45, 7) is 6.30. The molecule has 2 N–H and O–H groups in total. The van der Waals surface area contributed by atoms with E-state index in [1.54, 1.807) is 36.5 Å². The van der Waals surface area contributed by atoms with Crippen LogP contribution in [0.4, 0.5) is 0 Å². The lowest BCUT2D eigenvalue weighted by Crippen LogP contribution is -2.48. The Morgan fingerprint density at radius 1 is 0.974 bits per heavy atom. The van der Waals surface area contributed by atoms with Crippen LogP contribution in [0.25, 0.3) is 10.9 Å². The molecule has 4 rings (SSSR count). The van der Waals surface area contributed by atoms with Crippen LogP contribution in [0, 0.1) is 12.8 Å². The van der Waals surface area contributed by atoms with Crippen molar-refractivity contribution < 1.29 is 9.59 Å². The number of carbonyl (C=O) groups is 2. The molecule has 2 amide bonds. The third-order valence-electron chi connectivity index (χ3n) is 6.30. The number of amides is 2. The van der Waals surface area contributed by atoms with Crippen molar-refractivity contribution in [1.29, 1.82) is 0 Å². The summed E-state index contributed by atoms with van der Waals surface area (Å²) in [5, 5.41) is 9.49. The number of nitrogens with zero attached hydrogens (tertiary/aromatic N) is 2. The Labute approximate surface area is 236 Å². The second-order valence-corrected chi connectivity index (χ2v) is 10.5. The van der Waals surface area contributed by atoms with Crippen LogP contribution < -0.4 is 10.7 Å². The Bertz CT molecular complexity index is 1530. The minimum Gasteiger partial charge on any atom is -0.340 e. The third kappa shape index (κ3) is 6.21. The second kappa shape index (κ2) is 12.0. The van der Waals surface area contributed by atoms with E-state index in [2.05, 4.69) is 20.4 Å². The molecular formula is C29H27Cl3N4O2. The SMILES string of the molecule is Cc1c(/C=N\NC(=O)C(NC(=O)c2cccc(Cl)c2)C(C)C)c2ccccc2n1Cc1ccc(Cl)c(Cl)c1. The maximum Gasteiger partial charge on any atom is 0.262 e. The van der Waals surface area contributed by atoms with E-state index in [9.17, 15) is 9.59 Å². The smallest absolute Gasteiger partial charge is 0.262 e. The number of halogens is 3. The van der Waals surface area contributed by atoms with Gasteiger partial charge < -0.3 is 9.88 Å². The van der Waals surface area contributed by atoms with E-state index in [4.69, 9.17) is 34.8 Å². The number of rotatable bonds is 8. The molecule has 0 fully saturated rings. The summed E-state index contributed by atoms with van der Waals surface area (Å²) >= 11 is 18.3. The summed E-state index contributed by atoms with van der Waals surface area (Å²) in [6, 6.07) is 19.4. The van der Waals surface area contributed by atoms with Gasteiger partial charge in [-0.05, 0) is 54.8 Å². The van der Waals surface area contributed by atoms with Crippen LogP contribution in [-0.4, -0.2) is 28.6 Å². The topological polar surface area (TPSA) is 75.5 Å². The summed E-state index contributed by atoms with van der Waals surface area (Å²) in [7, 11) is 0. The maximum absolute atomic E-state index is 13.0. The molecule has 0 aliphatic carbocycles. The molecule has 0 aliphatic heterocycles. The Hall–Kier alpha value is -3.32. The Kier molecular flexibility index (Phi) is 8.77. The van der Waals surface area contributed by atoms with Crippen LogP contribution in [0.15, 0.2) is 71.8 Å². The van der Waals surface area contributed by atoms with E-state index in [1.165, 1.54) is 0 Å². The van der Waals surface area contributed by atoms with Crippen molar-refractivity contribution in [1.82, 2.24) is 15.3 Å². The van der Waals surface area contributed by atoms with Crippen molar-refractivity contribution in [2.45, 2.75) is 33.4 Å². The molecule has 0 spiro atoms. The third-order valence-corrected chi connectivity index (χ3v) is 7.27. The van der Waals surface area contributed by atoms with Gasteiger partial charge in [-0.25, -0.2) is 5.43 Å². The highest BCUT2D eigenvalue weighted by Crippen LogP contribution is 2.28. The van der Waals surface area contributed by atoms with Crippen molar-refractivity contribution in [2.24, 2.45) is 11.0 Å². The minimum absolute atomic E-state index is 0.164. The maximum atomic E-state index is 13.0. The summed E-state index contributed by atoms with van der Waals surface area (Å²) in [4.78, 5) is 25.7. The van der Waals surface area contributed by atoms with Gasteiger partial charge in [-0.1, -0.05) is 79.0 Å². The number of carbonyl (C=O) groups excluding carboxylic acids is 2. The first-order chi connectivity index (χ1) is 18.2. The summed E-state index contributed by atoms with van der Waals surface area (Å²) in [5.41, 5.74) is 6.86. The Morgan fingerprint density at radius 3 is 2.45 bits per heavy atom. The molecule has 0 saturated carbocycles. The average molecular weight is 570 g/mol. The van der Waals surface area contributed by atoms with Gasteiger partial charge in [-0.15, -0.1) is 0 Å². The van der Waals surface area contributed by atoms with E-state index < -0.39 is 11.9 Å². The highest BCUT2D eigenvalue weighted by Gasteiger charge is 2.24. The molecule has 196 valence electrons. The first kappa shape index (κ1) is 27.7. The first-order valence-corrected chi connectivity index (χ1v) is 13.2. The first-order valence-electron chi connectivity index (χ1n) is 12.1. The van der Waals surface area contributed by atoms with Gasteiger partial charge in [0.2, 0.25) is 0 Å². The van der Waals surface area contributed by atoms with Gasteiger partial charge in [0.15, 0.2) is 0 Å². The molecule has 0 radical (unpaired) electrons. The van der Waals surface area contributed by atoms with Crippen molar-refractivity contribution in [3.05, 3.63) is 104 Å². The quantitative estimate of drug-likeness (QED) is 0.180. The number of para-hydroxylation sites is 1. The molecule has 1 unspecified atom stereocenters. The molecule has 0 bridgehead atoms. The zero-order valence-electron chi connectivity index (χ0n) is 21.1. The van der Waals surface area contributed by atoms with E-state index in [-0.39, 0.29) is 11.8 Å². The molecule has 38 heavy (non-hydrogen) atoms. The molecule has 3 aromatic carbocycles. The lowest BCUT2D eigenvalue weighted by molar-refractivity contribution is -0.123. The fourth-order valence-electron chi connectivity index (χ4n) is 4.26. The number of benzene rings is 3. The molecule has 9 heteroatoms. The van der Waals surface area contributed by atoms with Gasteiger partial charge in [0, 0.05) is 39.3 Å². The standard InChI is InChI=1S/C29H27Cl3N4O2/c1-17(2)27(34-28(37)20-7-6-8-21(30)14-20)29(38)35-33-15-23-18(3)36(26-10-5-4-9-22(23)26)16-19-11-12-24(31)25(32)13-19/h4-15,17,27H,16H2,1-3H3,(H,34,37)(H,35,38)/b33-15-. The zero-order valence-corrected chi connectivity index (χ0v) is 23.4. The lowest BCUT2D eigenvalue weighted by atomic mass is 10.0. The van der Waals surface area contributed by atoms with Crippen LogP contribution in [-0.2, 0) is 11.3 Å².